The van der Waals surface area contributed by atoms with Crippen molar-refractivity contribution in [2.45, 2.75) is 90.4 Å². The quantitative estimate of drug-likeness (QED) is 0.271. The molecule has 2 aromatic rings. The van der Waals surface area contributed by atoms with E-state index in [0.717, 1.165) is 41.4 Å². The molecule has 32 heavy (non-hydrogen) atoms. The van der Waals surface area contributed by atoms with Crippen molar-refractivity contribution < 1.29 is 8.78 Å². The normalized spacial score (nSPS) is 20.7. The van der Waals surface area contributed by atoms with Crippen LogP contribution in [0.1, 0.15) is 88.7 Å². The van der Waals surface area contributed by atoms with E-state index in [2.05, 4.69) is 19.1 Å². The minimum atomic E-state index is -0.292. The highest BCUT2D eigenvalue weighted by Gasteiger charge is 2.22. The van der Waals surface area contributed by atoms with E-state index in [0.29, 0.717) is 12.0 Å². The number of fused-ring (bicyclic) bond motifs is 1. The average Bonchev–Trinajstić information content (AvgIpc) is 2.82. The van der Waals surface area contributed by atoms with Gasteiger partial charge in [0.15, 0.2) is 0 Å². The van der Waals surface area contributed by atoms with Gasteiger partial charge in [-0.1, -0.05) is 101 Å². The third-order valence-electron chi connectivity index (χ3n) is 7.81. The largest absolute Gasteiger partial charge is 0.207 e. The molecule has 0 aliphatic heterocycles. The van der Waals surface area contributed by atoms with Crippen molar-refractivity contribution in [1.82, 2.24) is 0 Å². The van der Waals surface area contributed by atoms with Crippen molar-refractivity contribution in [3.63, 3.8) is 0 Å². The van der Waals surface area contributed by atoms with E-state index in [9.17, 15) is 4.39 Å². The molecular weight excluding hydrogens is 398 g/mol. The summed E-state index contributed by atoms with van der Waals surface area (Å²) < 4.78 is 28.4. The topological polar surface area (TPSA) is 0 Å². The Bertz CT molecular complexity index is 901. The molecule has 0 unspecified atom stereocenters. The van der Waals surface area contributed by atoms with Crippen molar-refractivity contribution in [2.75, 3.05) is 0 Å². The highest BCUT2D eigenvalue weighted by molar-refractivity contribution is 5.66. The van der Waals surface area contributed by atoms with Crippen LogP contribution in [0, 0.1) is 23.5 Å². The molecule has 0 N–H and O–H groups in total. The molecule has 0 nitrogen and oxygen atoms in total. The van der Waals surface area contributed by atoms with Crippen LogP contribution >= 0.6 is 0 Å². The number of unbranched alkanes of at least 4 members (excludes halogenated alkanes) is 3. The summed E-state index contributed by atoms with van der Waals surface area (Å²) >= 11 is 0. The average molecular weight is 437 g/mol. The maximum absolute atomic E-state index is 15.2. The molecule has 0 bridgehead atoms. The Morgan fingerprint density at radius 3 is 2.25 bits per heavy atom. The number of hydrogen-bond acceptors (Lipinski definition) is 0. The molecule has 172 valence electrons. The van der Waals surface area contributed by atoms with Crippen LogP contribution < -0.4 is 0 Å². The first-order valence-corrected chi connectivity index (χ1v) is 12.9. The summed E-state index contributed by atoms with van der Waals surface area (Å²) in [6, 6.07) is 10.0. The van der Waals surface area contributed by atoms with E-state index in [1.165, 1.54) is 81.9 Å². The van der Waals surface area contributed by atoms with Gasteiger partial charge in [0.2, 0.25) is 0 Å². The van der Waals surface area contributed by atoms with Gasteiger partial charge in [0.05, 0.1) is 0 Å². The number of rotatable bonds is 9. The minimum Gasteiger partial charge on any atom is -0.207 e. The van der Waals surface area contributed by atoms with Crippen LogP contribution in [0.25, 0.3) is 11.1 Å². The first kappa shape index (κ1) is 23.2. The fourth-order valence-electron chi connectivity index (χ4n) is 5.71. The van der Waals surface area contributed by atoms with Gasteiger partial charge in [0.25, 0.3) is 0 Å². The van der Waals surface area contributed by atoms with Crippen LogP contribution in [0.2, 0.25) is 0 Å². The molecule has 0 saturated heterocycles. The Balaban J connectivity index is 1.27. The van der Waals surface area contributed by atoms with Crippen LogP contribution in [0.15, 0.2) is 48.0 Å². The SMILES string of the molecule is CCCCCCC1CCC(CCC2=CCc3c(ccc(-c4ccc(F)cc4)c3F)C2)CC1. The van der Waals surface area contributed by atoms with Crippen molar-refractivity contribution in [3.05, 3.63) is 70.8 Å². The van der Waals surface area contributed by atoms with E-state index in [-0.39, 0.29) is 11.6 Å². The lowest BCUT2D eigenvalue weighted by molar-refractivity contribution is 0.248. The van der Waals surface area contributed by atoms with Crippen LogP contribution in [0.3, 0.4) is 0 Å². The summed E-state index contributed by atoms with van der Waals surface area (Å²) in [6.07, 6.45) is 18.9. The van der Waals surface area contributed by atoms with E-state index < -0.39 is 0 Å². The number of benzene rings is 2. The summed E-state index contributed by atoms with van der Waals surface area (Å²) in [4.78, 5) is 0. The maximum atomic E-state index is 15.2. The van der Waals surface area contributed by atoms with Gasteiger partial charge < -0.3 is 0 Å². The zero-order valence-corrected chi connectivity index (χ0v) is 19.6. The van der Waals surface area contributed by atoms with Crippen molar-refractivity contribution in [1.29, 1.82) is 0 Å². The Kier molecular flexibility index (Phi) is 8.16. The molecule has 0 amide bonds. The fraction of sp³-hybridized carbons (Fsp3) is 0.533. The second-order valence-electron chi connectivity index (χ2n) is 10.1. The summed E-state index contributed by atoms with van der Waals surface area (Å²) in [5.41, 5.74) is 4.74. The lowest BCUT2D eigenvalue weighted by atomic mass is 9.77. The van der Waals surface area contributed by atoms with E-state index >= 15 is 4.39 Å². The molecule has 0 radical (unpaired) electrons. The van der Waals surface area contributed by atoms with Gasteiger partial charge in [0, 0.05) is 5.56 Å². The molecule has 0 spiro atoms. The summed E-state index contributed by atoms with van der Waals surface area (Å²) in [5.74, 6) is 1.42. The van der Waals surface area contributed by atoms with E-state index in [4.69, 9.17) is 0 Å². The minimum absolute atomic E-state index is 0.137. The molecule has 2 heteroatoms. The Morgan fingerprint density at radius 1 is 0.812 bits per heavy atom. The van der Waals surface area contributed by atoms with Crippen molar-refractivity contribution in [2.24, 2.45) is 11.8 Å². The third-order valence-corrected chi connectivity index (χ3v) is 7.81. The number of allylic oxidation sites excluding steroid dienone is 2. The molecule has 2 aliphatic carbocycles. The monoisotopic (exact) mass is 436 g/mol. The standard InChI is InChI=1S/C30H38F2/c1-2-3-4-5-6-22-7-9-23(10-8-22)11-12-24-13-19-29-26(21-24)16-20-28(30(29)32)25-14-17-27(31)18-15-25/h13-18,20,22-23H,2-12,19,21H2,1H3. The highest BCUT2D eigenvalue weighted by atomic mass is 19.1. The molecule has 1 fully saturated rings. The maximum Gasteiger partial charge on any atom is 0.134 e. The highest BCUT2D eigenvalue weighted by Crippen LogP contribution is 2.37. The Morgan fingerprint density at radius 2 is 1.53 bits per heavy atom. The summed E-state index contributed by atoms with van der Waals surface area (Å²) in [6.45, 7) is 2.29. The lowest BCUT2D eigenvalue weighted by Crippen LogP contribution is -2.15. The predicted molar refractivity (Wildman–Crippen MR) is 131 cm³/mol. The van der Waals surface area contributed by atoms with E-state index in [1.807, 2.05) is 6.07 Å². The van der Waals surface area contributed by atoms with Gasteiger partial charge in [-0.15, -0.1) is 0 Å². The second kappa shape index (κ2) is 11.3. The van der Waals surface area contributed by atoms with Gasteiger partial charge in [-0.05, 0) is 66.3 Å². The van der Waals surface area contributed by atoms with Gasteiger partial charge >= 0.3 is 0 Å². The van der Waals surface area contributed by atoms with Gasteiger partial charge in [-0.2, -0.15) is 0 Å². The van der Waals surface area contributed by atoms with Crippen LogP contribution in [0.5, 0.6) is 0 Å². The van der Waals surface area contributed by atoms with Gasteiger partial charge in [0.1, 0.15) is 11.6 Å². The van der Waals surface area contributed by atoms with Crippen LogP contribution in [-0.4, -0.2) is 0 Å². The second-order valence-corrected chi connectivity index (χ2v) is 10.1. The molecular formula is C30H38F2. The Hall–Kier alpha value is -1.96. The zero-order valence-electron chi connectivity index (χ0n) is 19.6. The summed E-state index contributed by atoms with van der Waals surface area (Å²) in [7, 11) is 0. The first-order valence-electron chi connectivity index (χ1n) is 12.9. The van der Waals surface area contributed by atoms with E-state index in [1.54, 1.807) is 12.1 Å². The molecule has 2 aliphatic rings. The van der Waals surface area contributed by atoms with Crippen molar-refractivity contribution >= 4 is 0 Å². The zero-order chi connectivity index (χ0) is 22.3. The fourth-order valence-corrected chi connectivity index (χ4v) is 5.71. The molecule has 0 aromatic heterocycles. The lowest BCUT2D eigenvalue weighted by Gasteiger charge is -2.29. The molecule has 0 atom stereocenters. The molecule has 0 heterocycles. The van der Waals surface area contributed by atoms with Crippen LogP contribution in [-0.2, 0) is 12.8 Å². The number of hydrogen-bond donors (Lipinski definition) is 0. The number of halogens is 2. The third kappa shape index (κ3) is 5.88. The van der Waals surface area contributed by atoms with Crippen molar-refractivity contribution in [3.8, 4) is 11.1 Å². The summed E-state index contributed by atoms with van der Waals surface area (Å²) in [5, 5.41) is 0. The molecule has 4 rings (SSSR count). The Labute approximate surface area is 193 Å². The predicted octanol–water partition coefficient (Wildman–Crippen LogP) is 9.21. The van der Waals surface area contributed by atoms with Gasteiger partial charge in [-0.25, -0.2) is 8.78 Å². The first-order chi connectivity index (χ1) is 15.6. The molecule has 1 saturated carbocycles. The van der Waals surface area contributed by atoms with Gasteiger partial charge in [-0.3, -0.25) is 0 Å². The van der Waals surface area contributed by atoms with Crippen LogP contribution in [0.4, 0.5) is 8.78 Å². The smallest absolute Gasteiger partial charge is 0.134 e. The molecule has 2 aromatic carbocycles.